The van der Waals surface area contributed by atoms with Gasteiger partial charge in [0.15, 0.2) is 11.5 Å². The van der Waals surface area contributed by atoms with Crippen LogP contribution in [0.3, 0.4) is 0 Å². The van der Waals surface area contributed by atoms with Gasteiger partial charge >= 0.3 is 0 Å². The number of ether oxygens (including phenoxy) is 3. The zero-order valence-electron chi connectivity index (χ0n) is 11.9. The zero-order valence-corrected chi connectivity index (χ0v) is 11.9. The molecule has 1 heterocycles. The maximum absolute atomic E-state index is 5.92. The van der Waals surface area contributed by atoms with Gasteiger partial charge in [-0.3, -0.25) is 0 Å². The Labute approximate surface area is 115 Å². The minimum absolute atomic E-state index is 0.144. The highest BCUT2D eigenvalue weighted by atomic mass is 16.6. The van der Waals surface area contributed by atoms with Crippen molar-refractivity contribution in [2.45, 2.75) is 32.4 Å². The Bertz CT molecular complexity index is 402. The number of rotatable bonds is 6. The van der Waals surface area contributed by atoms with Crippen LogP contribution >= 0.6 is 0 Å². The van der Waals surface area contributed by atoms with Crippen LogP contribution in [0.1, 0.15) is 31.9 Å². The van der Waals surface area contributed by atoms with Crippen LogP contribution in [0, 0.1) is 0 Å². The molecule has 2 unspecified atom stereocenters. The van der Waals surface area contributed by atoms with Crippen molar-refractivity contribution in [3.05, 3.63) is 23.8 Å². The Morgan fingerprint density at radius 3 is 2.89 bits per heavy atom. The monoisotopic (exact) mass is 265 g/mol. The number of nitrogens with one attached hydrogen (secondary N) is 1. The van der Waals surface area contributed by atoms with E-state index in [-0.39, 0.29) is 6.10 Å². The lowest BCUT2D eigenvalue weighted by Crippen LogP contribution is -2.18. The van der Waals surface area contributed by atoms with Gasteiger partial charge in [-0.1, -0.05) is 13.0 Å². The second kappa shape index (κ2) is 6.78. The van der Waals surface area contributed by atoms with E-state index in [9.17, 15) is 0 Å². The number of hydrogen-bond donors (Lipinski definition) is 1. The van der Waals surface area contributed by atoms with Gasteiger partial charge in [0, 0.05) is 12.5 Å². The molecule has 4 nitrogen and oxygen atoms in total. The molecule has 1 N–H and O–H groups in total. The third-order valence-electron chi connectivity index (χ3n) is 3.38. The van der Waals surface area contributed by atoms with E-state index in [2.05, 4.69) is 25.2 Å². The average Bonchev–Trinajstić information content (AvgIpc) is 2.92. The van der Waals surface area contributed by atoms with Gasteiger partial charge in [-0.2, -0.15) is 0 Å². The van der Waals surface area contributed by atoms with Crippen LogP contribution < -0.4 is 14.8 Å². The molecule has 0 bridgehead atoms. The fraction of sp³-hybridized carbons (Fsp3) is 0.600. The second-order valence-electron chi connectivity index (χ2n) is 4.79. The molecule has 2 rings (SSSR count). The molecule has 1 fully saturated rings. The minimum Gasteiger partial charge on any atom is -0.493 e. The predicted octanol–water partition coefficient (Wildman–Crippen LogP) is 2.53. The minimum atomic E-state index is 0.144. The van der Waals surface area contributed by atoms with E-state index >= 15 is 0 Å². The Morgan fingerprint density at radius 2 is 2.26 bits per heavy atom. The molecule has 4 heteroatoms. The first-order valence-corrected chi connectivity index (χ1v) is 6.90. The molecule has 0 radical (unpaired) electrons. The van der Waals surface area contributed by atoms with Crippen molar-refractivity contribution in [1.82, 2.24) is 5.32 Å². The number of benzene rings is 1. The van der Waals surface area contributed by atoms with Crippen LogP contribution in [0.25, 0.3) is 0 Å². The van der Waals surface area contributed by atoms with Gasteiger partial charge in [0.1, 0.15) is 6.10 Å². The quantitative estimate of drug-likeness (QED) is 0.858. The first kappa shape index (κ1) is 14.2. The van der Waals surface area contributed by atoms with Crippen molar-refractivity contribution in [2.24, 2.45) is 0 Å². The first-order valence-electron chi connectivity index (χ1n) is 6.90. The molecule has 0 amide bonds. The zero-order chi connectivity index (χ0) is 13.7. The summed E-state index contributed by atoms with van der Waals surface area (Å²) >= 11 is 0. The fourth-order valence-electron chi connectivity index (χ4n) is 2.26. The summed E-state index contributed by atoms with van der Waals surface area (Å²) < 4.78 is 16.7. The van der Waals surface area contributed by atoms with Gasteiger partial charge < -0.3 is 19.5 Å². The Kier molecular flexibility index (Phi) is 5.05. The van der Waals surface area contributed by atoms with Crippen LogP contribution in [-0.2, 0) is 4.74 Å². The van der Waals surface area contributed by atoms with Gasteiger partial charge in [-0.25, -0.2) is 0 Å². The van der Waals surface area contributed by atoms with Crippen LogP contribution in [0.15, 0.2) is 18.2 Å². The largest absolute Gasteiger partial charge is 0.493 e. The maximum atomic E-state index is 5.92. The summed E-state index contributed by atoms with van der Waals surface area (Å²) in [4.78, 5) is 0. The van der Waals surface area contributed by atoms with Crippen molar-refractivity contribution >= 4 is 0 Å². The van der Waals surface area contributed by atoms with Crippen molar-refractivity contribution in [2.75, 3.05) is 26.9 Å². The van der Waals surface area contributed by atoms with Crippen LogP contribution in [-0.4, -0.2) is 33.0 Å². The molecule has 2 atom stereocenters. The van der Waals surface area contributed by atoms with E-state index in [1.54, 1.807) is 7.11 Å². The summed E-state index contributed by atoms with van der Waals surface area (Å²) in [7, 11) is 1.68. The normalized spacial score (nSPS) is 20.3. The van der Waals surface area contributed by atoms with Crippen LogP contribution in [0.2, 0.25) is 0 Å². The highest BCUT2D eigenvalue weighted by Crippen LogP contribution is 2.31. The highest BCUT2D eigenvalue weighted by Gasteiger charge is 2.19. The third kappa shape index (κ3) is 3.61. The average molecular weight is 265 g/mol. The summed E-state index contributed by atoms with van der Waals surface area (Å²) in [6.07, 6.45) is 1.09. The maximum Gasteiger partial charge on any atom is 0.161 e. The highest BCUT2D eigenvalue weighted by molar-refractivity contribution is 5.44. The van der Waals surface area contributed by atoms with Crippen molar-refractivity contribution in [3.8, 4) is 11.5 Å². The van der Waals surface area contributed by atoms with E-state index < -0.39 is 0 Å². The number of methoxy groups -OCH3 is 1. The lowest BCUT2D eigenvalue weighted by Gasteiger charge is -2.18. The summed E-state index contributed by atoms with van der Waals surface area (Å²) in [6.45, 7) is 6.64. The van der Waals surface area contributed by atoms with Gasteiger partial charge in [0.2, 0.25) is 0 Å². The lowest BCUT2D eigenvalue weighted by molar-refractivity contribution is 0.138. The van der Waals surface area contributed by atoms with Crippen molar-refractivity contribution in [3.63, 3.8) is 0 Å². The molecule has 1 saturated heterocycles. The van der Waals surface area contributed by atoms with Crippen LogP contribution in [0.4, 0.5) is 0 Å². The smallest absolute Gasteiger partial charge is 0.161 e. The van der Waals surface area contributed by atoms with E-state index in [0.29, 0.717) is 12.6 Å². The molecule has 0 aliphatic carbocycles. The third-order valence-corrected chi connectivity index (χ3v) is 3.38. The van der Waals surface area contributed by atoms with Gasteiger partial charge in [0.25, 0.3) is 0 Å². The topological polar surface area (TPSA) is 39.7 Å². The summed E-state index contributed by atoms with van der Waals surface area (Å²) in [5.74, 6) is 1.58. The molecule has 0 spiro atoms. The van der Waals surface area contributed by atoms with Crippen molar-refractivity contribution in [1.29, 1.82) is 0 Å². The molecular formula is C15H23NO3. The molecule has 0 aromatic heterocycles. The predicted molar refractivity (Wildman–Crippen MR) is 74.9 cm³/mol. The molecule has 1 aromatic carbocycles. The Balaban J connectivity index is 2.11. The van der Waals surface area contributed by atoms with Crippen LogP contribution in [0.5, 0.6) is 11.5 Å². The Morgan fingerprint density at radius 1 is 1.42 bits per heavy atom. The van der Waals surface area contributed by atoms with Gasteiger partial charge in [-0.15, -0.1) is 0 Å². The standard InChI is InChI=1S/C15H23NO3/c1-4-16-11(2)12-5-6-14(15(9-12)17-3)19-13-7-8-18-10-13/h5-6,9,11,13,16H,4,7-8,10H2,1-3H3. The summed E-state index contributed by atoms with van der Waals surface area (Å²) in [5.41, 5.74) is 1.20. The fourth-order valence-corrected chi connectivity index (χ4v) is 2.26. The van der Waals surface area contributed by atoms with E-state index in [4.69, 9.17) is 14.2 Å². The molecular weight excluding hydrogens is 242 g/mol. The van der Waals surface area contributed by atoms with E-state index in [0.717, 1.165) is 31.1 Å². The molecule has 1 aromatic rings. The SMILES string of the molecule is CCNC(C)c1ccc(OC2CCOC2)c(OC)c1. The van der Waals surface area contributed by atoms with Gasteiger partial charge in [-0.05, 0) is 31.2 Å². The number of hydrogen-bond acceptors (Lipinski definition) is 4. The lowest BCUT2D eigenvalue weighted by atomic mass is 10.1. The molecule has 19 heavy (non-hydrogen) atoms. The second-order valence-corrected chi connectivity index (χ2v) is 4.79. The van der Waals surface area contributed by atoms with E-state index in [1.165, 1.54) is 5.56 Å². The molecule has 106 valence electrons. The molecule has 0 saturated carbocycles. The van der Waals surface area contributed by atoms with Gasteiger partial charge in [0.05, 0.1) is 20.3 Å². The summed E-state index contributed by atoms with van der Waals surface area (Å²) in [5, 5.41) is 3.39. The van der Waals surface area contributed by atoms with E-state index in [1.807, 2.05) is 12.1 Å². The molecule has 1 aliphatic rings. The first-order chi connectivity index (χ1) is 9.24. The summed E-state index contributed by atoms with van der Waals surface area (Å²) in [6, 6.07) is 6.42. The molecule has 1 aliphatic heterocycles. The van der Waals surface area contributed by atoms with Crippen molar-refractivity contribution < 1.29 is 14.2 Å². The Hall–Kier alpha value is -1.26.